The summed E-state index contributed by atoms with van der Waals surface area (Å²) >= 11 is 9.39. The second-order valence-corrected chi connectivity index (χ2v) is 4.79. The van der Waals surface area contributed by atoms with Crippen molar-refractivity contribution in [2.45, 2.75) is 19.9 Å². The lowest BCUT2D eigenvalue weighted by Crippen LogP contribution is -2.37. The largest absolute Gasteiger partial charge is 0.324 e. The predicted molar refractivity (Wildman–Crippen MR) is 72.7 cm³/mol. The van der Waals surface area contributed by atoms with Crippen molar-refractivity contribution >= 4 is 39.2 Å². The average Bonchev–Trinajstić information content (AvgIpc) is 2.20. The van der Waals surface area contributed by atoms with E-state index >= 15 is 0 Å². The van der Waals surface area contributed by atoms with Gasteiger partial charge in [-0.3, -0.25) is 5.43 Å². The Balaban J connectivity index is 2.86. The summed E-state index contributed by atoms with van der Waals surface area (Å²) in [7, 11) is 0. The first-order chi connectivity index (χ1) is 7.52. The van der Waals surface area contributed by atoms with E-state index in [4.69, 9.17) is 17.4 Å². The van der Waals surface area contributed by atoms with Crippen LogP contribution in [0.2, 0.25) is 5.02 Å². The fraction of sp³-hybridized carbons (Fsp3) is 0.300. The Morgan fingerprint density at radius 1 is 1.50 bits per heavy atom. The van der Waals surface area contributed by atoms with Crippen molar-refractivity contribution in [2.75, 3.05) is 5.32 Å². The van der Waals surface area contributed by atoms with Crippen molar-refractivity contribution in [1.82, 2.24) is 5.43 Å². The van der Waals surface area contributed by atoms with Crippen LogP contribution >= 0.6 is 27.5 Å². The van der Waals surface area contributed by atoms with Gasteiger partial charge in [0.05, 0.1) is 10.7 Å². The van der Waals surface area contributed by atoms with Gasteiger partial charge in [-0.15, -0.1) is 0 Å². The molecule has 0 bridgehead atoms. The Morgan fingerprint density at radius 2 is 2.19 bits per heavy atom. The molecule has 1 aromatic carbocycles. The predicted octanol–water partition coefficient (Wildman–Crippen LogP) is 2.74. The Morgan fingerprint density at radius 3 is 2.69 bits per heavy atom. The first-order valence-electron chi connectivity index (χ1n) is 4.79. The van der Waals surface area contributed by atoms with Crippen LogP contribution in [0.15, 0.2) is 27.7 Å². The molecule has 0 unspecified atom stereocenters. The Kier molecular flexibility index (Phi) is 5.05. The second-order valence-electron chi connectivity index (χ2n) is 3.46. The fourth-order valence-corrected chi connectivity index (χ4v) is 1.80. The highest BCUT2D eigenvalue weighted by atomic mass is 79.9. The number of nitrogens with two attached hydrogens (primary N) is 1. The highest BCUT2D eigenvalue weighted by Gasteiger charge is 2.04. The van der Waals surface area contributed by atoms with E-state index in [1.807, 2.05) is 26.0 Å². The molecule has 0 spiro atoms. The Labute approximate surface area is 108 Å². The maximum absolute atomic E-state index is 6.05. The van der Waals surface area contributed by atoms with Gasteiger partial charge in [0.15, 0.2) is 0 Å². The van der Waals surface area contributed by atoms with E-state index in [9.17, 15) is 0 Å². The fourth-order valence-electron chi connectivity index (χ4n) is 1.08. The normalized spacial score (nSPS) is 11.8. The number of benzene rings is 1. The number of nitrogens with one attached hydrogen (secondary N) is 2. The number of hydrogen-bond acceptors (Lipinski definition) is 2. The van der Waals surface area contributed by atoms with E-state index in [0.29, 0.717) is 11.0 Å². The van der Waals surface area contributed by atoms with Crippen LogP contribution in [-0.4, -0.2) is 12.0 Å². The molecular formula is C10H14BrClN4. The number of guanidine groups is 1. The minimum Gasteiger partial charge on any atom is -0.324 e. The van der Waals surface area contributed by atoms with Crippen LogP contribution in [0.3, 0.4) is 0 Å². The monoisotopic (exact) mass is 304 g/mol. The van der Waals surface area contributed by atoms with E-state index in [1.54, 1.807) is 6.07 Å². The molecule has 0 amide bonds. The summed E-state index contributed by atoms with van der Waals surface area (Å²) in [5.74, 6) is 5.84. The van der Waals surface area contributed by atoms with E-state index in [2.05, 4.69) is 31.7 Å². The molecule has 0 aliphatic heterocycles. The van der Waals surface area contributed by atoms with Gasteiger partial charge in [0.2, 0.25) is 5.96 Å². The number of nitrogens with zero attached hydrogens (tertiary/aromatic N) is 1. The van der Waals surface area contributed by atoms with Gasteiger partial charge in [0.25, 0.3) is 0 Å². The first-order valence-corrected chi connectivity index (χ1v) is 5.96. The zero-order chi connectivity index (χ0) is 12.1. The van der Waals surface area contributed by atoms with Crippen molar-refractivity contribution in [3.63, 3.8) is 0 Å². The lowest BCUT2D eigenvalue weighted by Gasteiger charge is -2.11. The summed E-state index contributed by atoms with van der Waals surface area (Å²) < 4.78 is 0.922. The molecule has 0 atom stereocenters. The molecule has 4 N–H and O–H groups in total. The van der Waals surface area contributed by atoms with Crippen LogP contribution in [0.4, 0.5) is 5.69 Å². The van der Waals surface area contributed by atoms with Crippen molar-refractivity contribution in [2.24, 2.45) is 10.8 Å². The minimum atomic E-state index is 0.146. The average molecular weight is 306 g/mol. The molecule has 0 radical (unpaired) electrons. The molecule has 0 aliphatic rings. The van der Waals surface area contributed by atoms with Crippen LogP contribution in [0.5, 0.6) is 0 Å². The molecular weight excluding hydrogens is 291 g/mol. The van der Waals surface area contributed by atoms with Crippen molar-refractivity contribution in [1.29, 1.82) is 0 Å². The van der Waals surface area contributed by atoms with Crippen LogP contribution in [0.25, 0.3) is 0 Å². The third kappa shape index (κ3) is 4.00. The number of anilines is 1. The van der Waals surface area contributed by atoms with Crippen molar-refractivity contribution in [3.05, 3.63) is 27.7 Å². The van der Waals surface area contributed by atoms with E-state index in [0.717, 1.165) is 10.2 Å². The zero-order valence-corrected chi connectivity index (χ0v) is 11.4. The quantitative estimate of drug-likeness (QED) is 0.341. The number of halogens is 2. The third-order valence-electron chi connectivity index (χ3n) is 1.71. The molecule has 6 heteroatoms. The number of aliphatic imine (C=N–C) groups is 1. The molecule has 1 aromatic rings. The molecule has 88 valence electrons. The summed E-state index contributed by atoms with van der Waals surface area (Å²) in [6.45, 7) is 3.92. The molecule has 0 heterocycles. The van der Waals surface area contributed by atoms with Crippen LogP contribution in [-0.2, 0) is 0 Å². The Bertz CT molecular complexity index is 392. The van der Waals surface area contributed by atoms with Crippen molar-refractivity contribution in [3.8, 4) is 0 Å². The number of hydrogen-bond donors (Lipinski definition) is 3. The zero-order valence-electron chi connectivity index (χ0n) is 9.09. The van der Waals surface area contributed by atoms with Crippen molar-refractivity contribution < 1.29 is 0 Å². The summed E-state index contributed by atoms with van der Waals surface area (Å²) in [6.07, 6.45) is 0. The van der Waals surface area contributed by atoms with Gasteiger partial charge in [-0.25, -0.2) is 10.8 Å². The summed E-state index contributed by atoms with van der Waals surface area (Å²) in [5.41, 5.74) is 3.24. The lowest BCUT2D eigenvalue weighted by atomic mass is 10.3. The summed E-state index contributed by atoms with van der Waals surface area (Å²) in [4.78, 5) is 4.25. The van der Waals surface area contributed by atoms with Gasteiger partial charge < -0.3 is 5.32 Å². The van der Waals surface area contributed by atoms with Gasteiger partial charge in [-0.1, -0.05) is 27.5 Å². The maximum atomic E-state index is 6.05. The summed E-state index contributed by atoms with van der Waals surface area (Å²) in [5, 5.41) is 3.61. The van der Waals surface area contributed by atoms with Gasteiger partial charge in [-0.05, 0) is 32.0 Å². The van der Waals surface area contributed by atoms with E-state index in [1.165, 1.54) is 0 Å². The molecule has 0 aromatic heterocycles. The molecule has 1 rings (SSSR count). The molecule has 16 heavy (non-hydrogen) atoms. The van der Waals surface area contributed by atoms with Crippen LogP contribution in [0.1, 0.15) is 13.8 Å². The molecule has 0 fully saturated rings. The van der Waals surface area contributed by atoms with Gasteiger partial charge in [-0.2, -0.15) is 0 Å². The highest BCUT2D eigenvalue weighted by Crippen LogP contribution is 2.25. The van der Waals surface area contributed by atoms with E-state index in [-0.39, 0.29) is 6.04 Å². The molecule has 0 aliphatic carbocycles. The van der Waals surface area contributed by atoms with Crippen LogP contribution in [0, 0.1) is 0 Å². The number of hydrazine groups is 1. The highest BCUT2D eigenvalue weighted by molar-refractivity contribution is 9.10. The van der Waals surface area contributed by atoms with Crippen LogP contribution < -0.4 is 16.6 Å². The molecule has 0 saturated heterocycles. The first kappa shape index (κ1) is 13.3. The standard InChI is InChI=1S/C10H14BrClN4/c1-6(2)14-10(16-13)15-9-4-3-7(11)5-8(9)12/h3-6H,13H2,1-2H3,(H2,14,15,16). The van der Waals surface area contributed by atoms with E-state index < -0.39 is 0 Å². The topological polar surface area (TPSA) is 62.4 Å². The van der Waals surface area contributed by atoms with Gasteiger partial charge in [0, 0.05) is 10.5 Å². The van der Waals surface area contributed by atoms with Gasteiger partial charge >= 0.3 is 0 Å². The van der Waals surface area contributed by atoms with Gasteiger partial charge in [0.1, 0.15) is 0 Å². The SMILES string of the molecule is CC(C)N=C(NN)Nc1ccc(Br)cc1Cl. The maximum Gasteiger partial charge on any atom is 0.210 e. The summed E-state index contributed by atoms with van der Waals surface area (Å²) in [6, 6.07) is 5.68. The number of rotatable bonds is 2. The minimum absolute atomic E-state index is 0.146. The third-order valence-corrected chi connectivity index (χ3v) is 2.51. The second kappa shape index (κ2) is 6.08. The lowest BCUT2D eigenvalue weighted by molar-refractivity contribution is 0.819. The molecule has 4 nitrogen and oxygen atoms in total. The molecule has 0 saturated carbocycles. The Hall–Kier alpha value is -0.780. The smallest absolute Gasteiger partial charge is 0.210 e.